The Labute approximate surface area is 108 Å². The van der Waals surface area contributed by atoms with Crippen molar-refractivity contribution >= 4 is 17.2 Å². The van der Waals surface area contributed by atoms with E-state index in [-0.39, 0.29) is 0 Å². The van der Waals surface area contributed by atoms with Gasteiger partial charge in [0.05, 0.1) is 0 Å². The Bertz CT molecular complexity index is 495. The van der Waals surface area contributed by atoms with Crippen LogP contribution < -0.4 is 0 Å². The van der Waals surface area contributed by atoms with Crippen LogP contribution in [0.2, 0.25) is 0 Å². The highest BCUT2D eigenvalue weighted by atomic mass is 35.5. The minimum absolute atomic E-state index is 0.526. The Balaban J connectivity index is 2.44. The lowest BCUT2D eigenvalue weighted by Gasteiger charge is -2.08. The number of hydrogen-bond donors (Lipinski definition) is 0. The van der Waals surface area contributed by atoms with Crippen molar-refractivity contribution in [2.24, 2.45) is 0 Å². The van der Waals surface area contributed by atoms with E-state index in [1.807, 2.05) is 18.2 Å². The molecule has 0 aromatic heterocycles. The van der Waals surface area contributed by atoms with Gasteiger partial charge >= 0.3 is 0 Å². The molecule has 0 saturated heterocycles. The fraction of sp³-hybridized carbons (Fsp3) is 0.125. The van der Waals surface area contributed by atoms with Crippen LogP contribution in [0.5, 0.6) is 0 Å². The van der Waals surface area contributed by atoms with Crippen molar-refractivity contribution in [3.05, 3.63) is 77.4 Å². The molecule has 0 amide bonds. The molecule has 2 aromatic rings. The van der Waals surface area contributed by atoms with E-state index >= 15 is 0 Å². The van der Waals surface area contributed by atoms with E-state index in [1.165, 1.54) is 22.3 Å². The van der Waals surface area contributed by atoms with E-state index in [2.05, 4.69) is 49.4 Å². The predicted molar refractivity (Wildman–Crippen MR) is 75.4 cm³/mol. The van der Waals surface area contributed by atoms with Crippen molar-refractivity contribution in [1.29, 1.82) is 0 Å². The summed E-state index contributed by atoms with van der Waals surface area (Å²) in [7, 11) is 0. The first-order valence-corrected chi connectivity index (χ1v) is 6.23. The van der Waals surface area contributed by atoms with Gasteiger partial charge in [0, 0.05) is 5.88 Å². The zero-order valence-corrected chi connectivity index (χ0v) is 10.6. The highest BCUT2D eigenvalue weighted by Gasteiger charge is 2.03. The zero-order valence-electron chi connectivity index (χ0n) is 9.86. The van der Waals surface area contributed by atoms with Crippen molar-refractivity contribution in [2.45, 2.75) is 6.92 Å². The van der Waals surface area contributed by atoms with Gasteiger partial charge in [0.1, 0.15) is 0 Å². The van der Waals surface area contributed by atoms with Crippen LogP contribution in [0.15, 0.2) is 60.7 Å². The highest BCUT2D eigenvalue weighted by Crippen LogP contribution is 2.23. The lowest BCUT2D eigenvalue weighted by molar-refractivity contribution is 1.44. The number of alkyl halides is 1. The topological polar surface area (TPSA) is 0 Å². The van der Waals surface area contributed by atoms with Crippen molar-refractivity contribution < 1.29 is 0 Å². The van der Waals surface area contributed by atoms with Crippen LogP contribution in [0, 0.1) is 6.92 Å². The van der Waals surface area contributed by atoms with Gasteiger partial charge < -0.3 is 0 Å². The third-order valence-electron chi connectivity index (χ3n) is 2.73. The average molecular weight is 243 g/mol. The van der Waals surface area contributed by atoms with Crippen LogP contribution in [-0.2, 0) is 0 Å². The largest absolute Gasteiger partial charge is 0.122 e. The second kappa shape index (κ2) is 5.70. The van der Waals surface area contributed by atoms with Crippen LogP contribution in [0.1, 0.15) is 16.7 Å². The predicted octanol–water partition coefficient (Wildman–Crippen LogP) is 4.67. The molecule has 0 heterocycles. The summed E-state index contributed by atoms with van der Waals surface area (Å²) in [6.07, 6.45) is 2.06. The van der Waals surface area contributed by atoms with E-state index in [0.717, 1.165) is 0 Å². The Morgan fingerprint density at radius 1 is 0.941 bits per heavy atom. The Morgan fingerprint density at radius 2 is 1.53 bits per heavy atom. The van der Waals surface area contributed by atoms with E-state index in [0.29, 0.717) is 5.88 Å². The van der Waals surface area contributed by atoms with Gasteiger partial charge in [-0.05, 0) is 23.6 Å². The van der Waals surface area contributed by atoms with Gasteiger partial charge in [0.2, 0.25) is 0 Å². The molecule has 86 valence electrons. The molecule has 0 atom stereocenters. The van der Waals surface area contributed by atoms with Crippen LogP contribution in [0.3, 0.4) is 0 Å². The fourth-order valence-electron chi connectivity index (χ4n) is 1.83. The first-order chi connectivity index (χ1) is 8.31. The summed E-state index contributed by atoms with van der Waals surface area (Å²) in [4.78, 5) is 0. The van der Waals surface area contributed by atoms with Crippen LogP contribution >= 0.6 is 11.6 Å². The maximum absolute atomic E-state index is 5.85. The lowest BCUT2D eigenvalue weighted by Crippen LogP contribution is -1.88. The molecule has 0 N–H and O–H groups in total. The maximum Gasteiger partial charge on any atom is 0.0413 e. The number of halogens is 1. The molecule has 2 rings (SSSR count). The molecule has 0 aliphatic heterocycles. The molecule has 0 unspecified atom stereocenters. The van der Waals surface area contributed by atoms with Gasteiger partial charge in [-0.2, -0.15) is 0 Å². The molecule has 0 radical (unpaired) electrons. The lowest BCUT2D eigenvalue weighted by atomic mass is 9.97. The maximum atomic E-state index is 5.85. The molecule has 2 aromatic carbocycles. The van der Waals surface area contributed by atoms with Gasteiger partial charge in [-0.3, -0.25) is 0 Å². The van der Waals surface area contributed by atoms with Crippen molar-refractivity contribution in [1.82, 2.24) is 0 Å². The molecule has 1 heteroatoms. The first kappa shape index (κ1) is 11.9. The molecular weight excluding hydrogens is 228 g/mol. The van der Waals surface area contributed by atoms with E-state index < -0.39 is 0 Å². The fourth-order valence-corrected chi connectivity index (χ4v) is 1.98. The van der Waals surface area contributed by atoms with Gasteiger partial charge in [-0.25, -0.2) is 0 Å². The van der Waals surface area contributed by atoms with Crippen LogP contribution in [0.4, 0.5) is 0 Å². The number of allylic oxidation sites excluding steroid dienone is 1. The van der Waals surface area contributed by atoms with E-state index in [1.54, 1.807) is 0 Å². The Hall–Kier alpha value is -1.53. The first-order valence-electron chi connectivity index (χ1n) is 5.70. The molecule has 0 fully saturated rings. The molecule has 0 spiro atoms. The van der Waals surface area contributed by atoms with Crippen molar-refractivity contribution in [2.75, 3.05) is 5.88 Å². The van der Waals surface area contributed by atoms with Crippen molar-refractivity contribution in [3.63, 3.8) is 0 Å². The quantitative estimate of drug-likeness (QED) is 0.687. The molecule has 0 aliphatic carbocycles. The third kappa shape index (κ3) is 2.98. The summed E-state index contributed by atoms with van der Waals surface area (Å²) in [6.45, 7) is 2.09. The zero-order chi connectivity index (χ0) is 12.1. The molecule has 0 bridgehead atoms. The second-order valence-electron chi connectivity index (χ2n) is 4.00. The second-order valence-corrected chi connectivity index (χ2v) is 4.31. The monoisotopic (exact) mass is 242 g/mol. The van der Waals surface area contributed by atoms with Crippen molar-refractivity contribution in [3.8, 4) is 0 Å². The molecular formula is C16H15Cl. The highest BCUT2D eigenvalue weighted by molar-refractivity contribution is 6.19. The van der Waals surface area contributed by atoms with Crippen LogP contribution in [-0.4, -0.2) is 5.88 Å². The number of aryl methyl sites for hydroxylation is 1. The van der Waals surface area contributed by atoms with E-state index in [9.17, 15) is 0 Å². The summed E-state index contributed by atoms with van der Waals surface area (Å²) in [6, 6.07) is 18.9. The van der Waals surface area contributed by atoms with Gasteiger partial charge in [-0.1, -0.05) is 66.2 Å². The standard InChI is InChI=1S/C16H15Cl/c1-13-7-9-15(10-8-13)16(11-12-17)14-5-3-2-4-6-14/h2-11H,12H2,1H3/b16-11-. The summed E-state index contributed by atoms with van der Waals surface area (Å²) in [5, 5.41) is 0. The smallest absolute Gasteiger partial charge is 0.0413 e. The van der Waals surface area contributed by atoms with E-state index in [4.69, 9.17) is 11.6 Å². The van der Waals surface area contributed by atoms with Crippen LogP contribution in [0.25, 0.3) is 5.57 Å². The third-order valence-corrected chi connectivity index (χ3v) is 2.88. The summed E-state index contributed by atoms with van der Waals surface area (Å²) in [5.41, 5.74) is 4.88. The number of hydrogen-bond acceptors (Lipinski definition) is 0. The van der Waals surface area contributed by atoms with Gasteiger partial charge in [-0.15, -0.1) is 11.6 Å². The number of rotatable bonds is 3. The van der Waals surface area contributed by atoms with Gasteiger partial charge in [0.25, 0.3) is 0 Å². The minimum atomic E-state index is 0.526. The molecule has 0 nitrogen and oxygen atoms in total. The SMILES string of the molecule is Cc1ccc(/C(=C\CCl)c2ccccc2)cc1. The molecule has 0 saturated carbocycles. The number of benzene rings is 2. The summed E-state index contributed by atoms with van der Waals surface area (Å²) < 4.78 is 0. The normalized spacial score (nSPS) is 11.5. The minimum Gasteiger partial charge on any atom is -0.122 e. The summed E-state index contributed by atoms with van der Waals surface area (Å²) in [5.74, 6) is 0.526. The summed E-state index contributed by atoms with van der Waals surface area (Å²) >= 11 is 5.85. The molecule has 0 aliphatic rings. The Morgan fingerprint density at radius 3 is 2.12 bits per heavy atom. The average Bonchev–Trinajstić information content (AvgIpc) is 2.38. The molecule has 17 heavy (non-hydrogen) atoms. The Kier molecular flexibility index (Phi) is 4.00. The van der Waals surface area contributed by atoms with Gasteiger partial charge in [0.15, 0.2) is 0 Å².